The SMILES string of the molecule is COc1ccc(C(=O)N2CCN(C)C(=O)[C@@H]2C)cc1OC1CCN(C(C)=O)CC1. The van der Waals surface area contributed by atoms with Gasteiger partial charge in [-0.05, 0) is 25.1 Å². The molecule has 0 spiro atoms. The summed E-state index contributed by atoms with van der Waals surface area (Å²) in [5.74, 6) is 0.875. The summed E-state index contributed by atoms with van der Waals surface area (Å²) in [7, 11) is 3.31. The Morgan fingerprint density at radius 2 is 1.76 bits per heavy atom. The molecule has 8 nitrogen and oxygen atoms in total. The zero-order valence-electron chi connectivity index (χ0n) is 17.5. The molecule has 2 fully saturated rings. The van der Waals surface area contributed by atoms with Crippen molar-refractivity contribution in [3.05, 3.63) is 23.8 Å². The number of piperazine rings is 1. The second-order valence-corrected chi connectivity index (χ2v) is 7.62. The summed E-state index contributed by atoms with van der Waals surface area (Å²) >= 11 is 0. The zero-order chi connectivity index (χ0) is 21.1. The Balaban J connectivity index is 1.74. The van der Waals surface area contributed by atoms with Gasteiger partial charge in [-0.25, -0.2) is 0 Å². The molecule has 3 rings (SSSR count). The van der Waals surface area contributed by atoms with Crippen LogP contribution in [0.25, 0.3) is 0 Å². The topological polar surface area (TPSA) is 79.4 Å². The molecule has 1 aromatic rings. The average Bonchev–Trinajstić information content (AvgIpc) is 2.72. The Hall–Kier alpha value is -2.77. The fourth-order valence-corrected chi connectivity index (χ4v) is 3.83. The molecule has 3 amide bonds. The van der Waals surface area contributed by atoms with Crippen molar-refractivity contribution in [2.45, 2.75) is 38.8 Å². The van der Waals surface area contributed by atoms with Crippen molar-refractivity contribution >= 4 is 17.7 Å². The third-order valence-electron chi connectivity index (χ3n) is 5.73. The molecule has 1 atom stereocenters. The van der Waals surface area contributed by atoms with Gasteiger partial charge in [-0.1, -0.05) is 0 Å². The summed E-state index contributed by atoms with van der Waals surface area (Å²) < 4.78 is 11.5. The first-order chi connectivity index (χ1) is 13.8. The Labute approximate surface area is 171 Å². The molecule has 0 radical (unpaired) electrons. The van der Waals surface area contributed by atoms with Crippen LogP contribution in [0.3, 0.4) is 0 Å². The van der Waals surface area contributed by atoms with Crippen molar-refractivity contribution in [2.75, 3.05) is 40.3 Å². The molecule has 8 heteroatoms. The third kappa shape index (κ3) is 4.46. The Kier molecular flexibility index (Phi) is 6.30. The maximum absolute atomic E-state index is 13.0. The number of amides is 3. The number of hydrogen-bond acceptors (Lipinski definition) is 5. The molecule has 0 saturated carbocycles. The van der Waals surface area contributed by atoms with E-state index in [1.165, 1.54) is 0 Å². The summed E-state index contributed by atoms with van der Waals surface area (Å²) in [6.45, 7) is 5.64. The molecule has 2 aliphatic rings. The predicted octanol–water partition coefficient (Wildman–Crippen LogP) is 1.39. The molecule has 158 valence electrons. The normalized spacial score (nSPS) is 20.6. The van der Waals surface area contributed by atoms with Crippen molar-refractivity contribution in [1.29, 1.82) is 0 Å². The molecule has 1 aromatic carbocycles. The van der Waals surface area contributed by atoms with E-state index in [4.69, 9.17) is 9.47 Å². The van der Waals surface area contributed by atoms with E-state index in [0.29, 0.717) is 43.2 Å². The molecule has 2 saturated heterocycles. The maximum atomic E-state index is 13.0. The number of likely N-dealkylation sites (N-methyl/N-ethyl adjacent to an activating group) is 1. The lowest BCUT2D eigenvalue weighted by Gasteiger charge is -2.37. The number of ether oxygens (including phenoxy) is 2. The van der Waals surface area contributed by atoms with Crippen LogP contribution in [0.1, 0.15) is 37.0 Å². The lowest BCUT2D eigenvalue weighted by atomic mass is 10.1. The third-order valence-corrected chi connectivity index (χ3v) is 5.73. The molecule has 0 aliphatic carbocycles. The van der Waals surface area contributed by atoms with Crippen LogP contribution >= 0.6 is 0 Å². The quantitative estimate of drug-likeness (QED) is 0.759. The summed E-state index contributed by atoms with van der Waals surface area (Å²) in [5, 5.41) is 0. The minimum Gasteiger partial charge on any atom is -0.493 e. The lowest BCUT2D eigenvalue weighted by Crippen LogP contribution is -2.56. The van der Waals surface area contributed by atoms with Crippen LogP contribution in [0.4, 0.5) is 0 Å². The van der Waals surface area contributed by atoms with E-state index in [-0.39, 0.29) is 23.8 Å². The van der Waals surface area contributed by atoms with Gasteiger partial charge in [0, 0.05) is 58.6 Å². The van der Waals surface area contributed by atoms with E-state index in [1.807, 2.05) is 4.90 Å². The number of hydrogen-bond donors (Lipinski definition) is 0. The molecule has 2 aliphatic heterocycles. The largest absolute Gasteiger partial charge is 0.493 e. The van der Waals surface area contributed by atoms with Crippen LogP contribution in [0.2, 0.25) is 0 Å². The number of rotatable bonds is 4. The van der Waals surface area contributed by atoms with Gasteiger partial charge in [-0.15, -0.1) is 0 Å². The lowest BCUT2D eigenvalue weighted by molar-refractivity contribution is -0.137. The van der Waals surface area contributed by atoms with E-state index in [9.17, 15) is 14.4 Å². The summed E-state index contributed by atoms with van der Waals surface area (Å²) in [6, 6.07) is 4.61. The zero-order valence-corrected chi connectivity index (χ0v) is 17.5. The monoisotopic (exact) mass is 403 g/mol. The molecule has 0 aromatic heterocycles. The van der Waals surface area contributed by atoms with E-state index >= 15 is 0 Å². The van der Waals surface area contributed by atoms with Crippen molar-refractivity contribution < 1.29 is 23.9 Å². The Morgan fingerprint density at radius 3 is 2.38 bits per heavy atom. The molecular formula is C21H29N3O5. The molecule has 0 bridgehead atoms. The molecule has 29 heavy (non-hydrogen) atoms. The number of nitrogens with zero attached hydrogens (tertiary/aromatic N) is 3. The van der Waals surface area contributed by atoms with Crippen LogP contribution < -0.4 is 9.47 Å². The highest BCUT2D eigenvalue weighted by Gasteiger charge is 2.33. The van der Waals surface area contributed by atoms with Gasteiger partial charge < -0.3 is 24.2 Å². The van der Waals surface area contributed by atoms with Gasteiger partial charge in [0.2, 0.25) is 11.8 Å². The van der Waals surface area contributed by atoms with E-state index in [0.717, 1.165) is 12.8 Å². The minimum atomic E-state index is -0.497. The fourth-order valence-electron chi connectivity index (χ4n) is 3.83. The predicted molar refractivity (Wildman–Crippen MR) is 107 cm³/mol. The smallest absolute Gasteiger partial charge is 0.254 e. The Morgan fingerprint density at radius 1 is 1.07 bits per heavy atom. The minimum absolute atomic E-state index is 0.0472. The molecular weight excluding hydrogens is 374 g/mol. The summed E-state index contributed by atoms with van der Waals surface area (Å²) in [5.41, 5.74) is 0.464. The first-order valence-corrected chi connectivity index (χ1v) is 9.98. The van der Waals surface area contributed by atoms with Crippen LogP contribution in [-0.2, 0) is 9.59 Å². The van der Waals surface area contributed by atoms with Crippen molar-refractivity contribution in [1.82, 2.24) is 14.7 Å². The van der Waals surface area contributed by atoms with Crippen LogP contribution in [0.5, 0.6) is 11.5 Å². The fraction of sp³-hybridized carbons (Fsp3) is 0.571. The van der Waals surface area contributed by atoms with Gasteiger partial charge in [0.15, 0.2) is 11.5 Å². The van der Waals surface area contributed by atoms with Gasteiger partial charge in [-0.2, -0.15) is 0 Å². The van der Waals surface area contributed by atoms with E-state index < -0.39 is 6.04 Å². The highest BCUT2D eigenvalue weighted by molar-refractivity contribution is 5.98. The summed E-state index contributed by atoms with van der Waals surface area (Å²) in [4.78, 5) is 41.8. The van der Waals surface area contributed by atoms with Gasteiger partial charge >= 0.3 is 0 Å². The second kappa shape index (κ2) is 8.71. The molecule has 2 heterocycles. The van der Waals surface area contributed by atoms with E-state index in [1.54, 1.807) is 56.0 Å². The van der Waals surface area contributed by atoms with Crippen molar-refractivity contribution in [3.8, 4) is 11.5 Å². The first kappa shape index (κ1) is 21.0. The van der Waals surface area contributed by atoms with Gasteiger partial charge in [-0.3, -0.25) is 14.4 Å². The van der Waals surface area contributed by atoms with Gasteiger partial charge in [0.25, 0.3) is 5.91 Å². The Bertz CT molecular complexity index is 789. The van der Waals surface area contributed by atoms with Crippen molar-refractivity contribution in [3.63, 3.8) is 0 Å². The summed E-state index contributed by atoms with van der Waals surface area (Å²) in [6.07, 6.45) is 1.41. The molecule has 0 N–H and O–H groups in total. The van der Waals surface area contributed by atoms with Crippen LogP contribution in [0, 0.1) is 0 Å². The number of carbonyl (C=O) groups is 3. The number of methoxy groups -OCH3 is 1. The van der Waals surface area contributed by atoms with Crippen LogP contribution in [-0.4, -0.2) is 84.9 Å². The average molecular weight is 403 g/mol. The van der Waals surface area contributed by atoms with Gasteiger partial charge in [0.1, 0.15) is 12.1 Å². The standard InChI is InChI=1S/C21H29N3O5/c1-14-20(26)22(3)11-12-24(14)21(27)16-5-6-18(28-4)19(13-16)29-17-7-9-23(10-8-17)15(2)25/h5-6,13-14,17H,7-12H2,1-4H3/t14-/m0/s1. The molecule has 0 unspecified atom stereocenters. The highest BCUT2D eigenvalue weighted by Crippen LogP contribution is 2.31. The maximum Gasteiger partial charge on any atom is 0.254 e. The first-order valence-electron chi connectivity index (χ1n) is 9.98. The van der Waals surface area contributed by atoms with E-state index in [2.05, 4.69) is 0 Å². The van der Waals surface area contributed by atoms with Gasteiger partial charge in [0.05, 0.1) is 7.11 Å². The second-order valence-electron chi connectivity index (χ2n) is 7.62. The highest BCUT2D eigenvalue weighted by atomic mass is 16.5. The number of benzene rings is 1. The number of carbonyl (C=O) groups excluding carboxylic acids is 3. The number of likely N-dealkylation sites (tertiary alicyclic amines) is 1. The van der Waals surface area contributed by atoms with Crippen molar-refractivity contribution in [2.24, 2.45) is 0 Å². The number of piperidine rings is 1. The van der Waals surface area contributed by atoms with Crippen LogP contribution in [0.15, 0.2) is 18.2 Å².